The fourth-order valence-corrected chi connectivity index (χ4v) is 2.55. The molecular weight excluding hydrogens is 367 g/mol. The summed E-state index contributed by atoms with van der Waals surface area (Å²) in [7, 11) is 3.12. The zero-order valence-electron chi connectivity index (χ0n) is 15.6. The molecule has 0 saturated heterocycles. The number of methoxy groups -OCH3 is 2. The van der Waals surface area contributed by atoms with Gasteiger partial charge in [0.15, 0.2) is 17.8 Å². The summed E-state index contributed by atoms with van der Waals surface area (Å²) in [6.45, 7) is 0.734. The number of carbonyl (C=O) groups excluding carboxylic acids is 1. The highest BCUT2D eigenvalue weighted by Crippen LogP contribution is 2.08. The summed E-state index contributed by atoms with van der Waals surface area (Å²) in [6, 6.07) is 9.09. The van der Waals surface area contributed by atoms with Crippen molar-refractivity contribution in [3.63, 3.8) is 0 Å². The first-order valence-corrected chi connectivity index (χ1v) is 8.65. The third kappa shape index (κ3) is 4.78. The summed E-state index contributed by atoms with van der Waals surface area (Å²) in [5.74, 6) is 0.392. The van der Waals surface area contributed by atoms with E-state index in [1.807, 2.05) is 0 Å². The Morgan fingerprint density at radius 3 is 2.79 bits per heavy atom. The summed E-state index contributed by atoms with van der Waals surface area (Å²) in [4.78, 5) is 12.1. The van der Waals surface area contributed by atoms with E-state index >= 15 is 0 Å². The van der Waals surface area contributed by atoms with Crippen LogP contribution in [0.25, 0.3) is 5.65 Å². The molecule has 0 unspecified atom stereocenters. The van der Waals surface area contributed by atoms with Gasteiger partial charge in [0, 0.05) is 32.7 Å². The molecule has 0 aliphatic heterocycles. The fraction of sp³-hybridized carbons (Fsp3) is 0.333. The van der Waals surface area contributed by atoms with Crippen LogP contribution in [0.5, 0.6) is 0 Å². The number of aromatic nitrogens is 4. The van der Waals surface area contributed by atoms with Gasteiger partial charge in [-0.2, -0.15) is 4.52 Å². The highest BCUT2D eigenvalue weighted by atomic mass is 19.1. The number of nitrogens with one attached hydrogen (secondary N) is 2. The zero-order valence-corrected chi connectivity index (χ0v) is 15.6. The van der Waals surface area contributed by atoms with Crippen LogP contribution >= 0.6 is 0 Å². The average Bonchev–Trinajstić information content (AvgIpc) is 3.11. The molecule has 3 rings (SSSR count). The fourth-order valence-electron chi connectivity index (χ4n) is 2.55. The van der Waals surface area contributed by atoms with Crippen molar-refractivity contribution in [1.82, 2.24) is 25.1 Å². The SMILES string of the molecule is COC(CNc1ccc2nnc(CCNC(=O)c3cccc(F)c3)n2n1)OC. The van der Waals surface area contributed by atoms with Crippen molar-refractivity contribution in [1.29, 1.82) is 0 Å². The first-order valence-electron chi connectivity index (χ1n) is 8.65. The number of fused-ring (bicyclic) bond motifs is 1. The van der Waals surface area contributed by atoms with Crippen molar-refractivity contribution in [2.24, 2.45) is 0 Å². The van der Waals surface area contributed by atoms with Gasteiger partial charge in [0.1, 0.15) is 11.6 Å². The number of hydrogen-bond acceptors (Lipinski definition) is 7. The molecule has 0 spiro atoms. The van der Waals surface area contributed by atoms with E-state index in [-0.39, 0.29) is 11.5 Å². The lowest BCUT2D eigenvalue weighted by Gasteiger charge is -2.14. The van der Waals surface area contributed by atoms with Crippen LogP contribution in [0, 0.1) is 5.82 Å². The van der Waals surface area contributed by atoms with Crippen LogP contribution in [-0.2, 0) is 15.9 Å². The van der Waals surface area contributed by atoms with Gasteiger partial charge in [-0.05, 0) is 30.3 Å². The molecule has 0 aliphatic rings. The summed E-state index contributed by atoms with van der Waals surface area (Å²) < 4.78 is 25.1. The topological polar surface area (TPSA) is 103 Å². The van der Waals surface area contributed by atoms with E-state index in [0.29, 0.717) is 36.8 Å². The second-order valence-corrected chi connectivity index (χ2v) is 5.90. The van der Waals surface area contributed by atoms with E-state index in [4.69, 9.17) is 9.47 Å². The number of ether oxygens (including phenoxy) is 2. The van der Waals surface area contributed by atoms with Gasteiger partial charge < -0.3 is 20.1 Å². The second kappa shape index (κ2) is 9.20. The predicted molar refractivity (Wildman–Crippen MR) is 99.5 cm³/mol. The number of amides is 1. The molecule has 0 aliphatic carbocycles. The summed E-state index contributed by atoms with van der Waals surface area (Å²) in [5.41, 5.74) is 0.855. The molecule has 0 fully saturated rings. The molecule has 0 atom stereocenters. The van der Waals surface area contributed by atoms with Crippen LogP contribution in [0.3, 0.4) is 0 Å². The second-order valence-electron chi connectivity index (χ2n) is 5.90. The number of halogens is 1. The lowest BCUT2D eigenvalue weighted by molar-refractivity contribution is -0.0914. The van der Waals surface area contributed by atoms with Crippen LogP contribution in [0.15, 0.2) is 36.4 Å². The summed E-state index contributed by atoms with van der Waals surface area (Å²) in [5, 5.41) is 18.5. The largest absolute Gasteiger partial charge is 0.364 e. The van der Waals surface area contributed by atoms with Crippen LogP contribution in [0.1, 0.15) is 16.2 Å². The number of nitrogens with zero attached hydrogens (tertiary/aromatic N) is 4. The third-order valence-corrected chi connectivity index (χ3v) is 4.02. The number of rotatable bonds is 9. The van der Waals surface area contributed by atoms with E-state index < -0.39 is 12.1 Å². The zero-order chi connectivity index (χ0) is 19.9. The molecule has 0 radical (unpaired) electrons. The molecule has 3 aromatic rings. The Morgan fingerprint density at radius 1 is 1.21 bits per heavy atom. The van der Waals surface area contributed by atoms with Gasteiger partial charge in [-0.1, -0.05) is 6.07 Å². The van der Waals surface area contributed by atoms with Gasteiger partial charge in [0.25, 0.3) is 5.91 Å². The maximum Gasteiger partial charge on any atom is 0.251 e. The molecule has 2 N–H and O–H groups in total. The Balaban J connectivity index is 1.61. The quantitative estimate of drug-likeness (QED) is 0.532. The first-order chi connectivity index (χ1) is 13.6. The van der Waals surface area contributed by atoms with Crippen molar-refractivity contribution < 1.29 is 18.7 Å². The molecule has 2 heterocycles. The number of hydrogen-bond donors (Lipinski definition) is 2. The molecular formula is C18H21FN6O3. The minimum atomic E-state index is -0.454. The van der Waals surface area contributed by atoms with E-state index in [0.717, 1.165) is 0 Å². The molecule has 28 heavy (non-hydrogen) atoms. The van der Waals surface area contributed by atoms with Gasteiger partial charge in [-0.15, -0.1) is 15.3 Å². The molecule has 1 amide bonds. The van der Waals surface area contributed by atoms with Gasteiger partial charge in [0.05, 0.1) is 6.54 Å². The Bertz CT molecular complexity index is 944. The Morgan fingerprint density at radius 2 is 2.04 bits per heavy atom. The predicted octanol–water partition coefficient (Wildman–Crippen LogP) is 1.27. The normalized spacial score (nSPS) is 11.1. The number of carbonyl (C=O) groups is 1. The van der Waals surface area contributed by atoms with Gasteiger partial charge in [-0.25, -0.2) is 4.39 Å². The minimum absolute atomic E-state index is 0.265. The van der Waals surface area contributed by atoms with Crippen LogP contribution in [0.4, 0.5) is 10.2 Å². The van der Waals surface area contributed by atoms with Crippen LogP contribution < -0.4 is 10.6 Å². The van der Waals surface area contributed by atoms with E-state index in [2.05, 4.69) is 25.9 Å². The molecule has 2 aromatic heterocycles. The van der Waals surface area contributed by atoms with Crippen LogP contribution in [-0.4, -0.2) is 59.3 Å². The number of anilines is 1. The maximum atomic E-state index is 13.2. The van der Waals surface area contributed by atoms with Gasteiger partial charge in [0.2, 0.25) is 0 Å². The Hall–Kier alpha value is -3.11. The maximum absolute atomic E-state index is 13.2. The Kier molecular flexibility index (Phi) is 6.45. The highest BCUT2D eigenvalue weighted by Gasteiger charge is 2.11. The highest BCUT2D eigenvalue weighted by molar-refractivity contribution is 5.94. The van der Waals surface area contributed by atoms with Crippen molar-refractivity contribution >= 4 is 17.4 Å². The monoisotopic (exact) mass is 388 g/mol. The van der Waals surface area contributed by atoms with E-state index in [9.17, 15) is 9.18 Å². The lowest BCUT2D eigenvalue weighted by atomic mass is 10.2. The first kappa shape index (κ1) is 19.6. The lowest BCUT2D eigenvalue weighted by Crippen LogP contribution is -2.26. The van der Waals surface area contributed by atoms with Crippen molar-refractivity contribution in [2.45, 2.75) is 12.7 Å². The van der Waals surface area contributed by atoms with Gasteiger partial charge in [-0.3, -0.25) is 4.79 Å². The Labute approximate surface area is 160 Å². The molecule has 10 heteroatoms. The molecule has 9 nitrogen and oxygen atoms in total. The molecule has 0 saturated carbocycles. The van der Waals surface area contributed by atoms with Crippen molar-refractivity contribution in [3.8, 4) is 0 Å². The molecule has 1 aromatic carbocycles. The van der Waals surface area contributed by atoms with Crippen molar-refractivity contribution in [2.75, 3.05) is 32.6 Å². The standard InChI is InChI=1S/C18H21FN6O3/c1-27-17(28-2)11-21-14-6-7-15-22-23-16(25(15)24-14)8-9-20-18(26)12-4-3-5-13(19)10-12/h3-7,10,17H,8-9,11H2,1-2H3,(H,20,26)(H,21,24). The third-order valence-electron chi connectivity index (χ3n) is 4.02. The average molecular weight is 388 g/mol. The van der Waals surface area contributed by atoms with E-state index in [1.54, 1.807) is 36.9 Å². The molecule has 148 valence electrons. The smallest absolute Gasteiger partial charge is 0.251 e. The minimum Gasteiger partial charge on any atom is -0.364 e. The molecule has 0 bridgehead atoms. The van der Waals surface area contributed by atoms with E-state index in [1.165, 1.54) is 18.2 Å². The summed E-state index contributed by atoms with van der Waals surface area (Å²) in [6.07, 6.45) is 0.0215. The van der Waals surface area contributed by atoms with Crippen molar-refractivity contribution in [3.05, 3.63) is 53.6 Å². The van der Waals surface area contributed by atoms with Gasteiger partial charge >= 0.3 is 0 Å². The summed E-state index contributed by atoms with van der Waals surface area (Å²) >= 11 is 0. The van der Waals surface area contributed by atoms with Crippen LogP contribution in [0.2, 0.25) is 0 Å². The number of benzene rings is 1.